The van der Waals surface area contributed by atoms with Crippen molar-refractivity contribution in [2.75, 3.05) is 23.4 Å². The van der Waals surface area contributed by atoms with E-state index in [-0.39, 0.29) is 25.0 Å². The van der Waals surface area contributed by atoms with E-state index in [0.29, 0.717) is 11.4 Å². The number of rotatable bonds is 3. The molecule has 1 aliphatic rings. The highest BCUT2D eigenvalue weighted by atomic mass is 16.5. The van der Waals surface area contributed by atoms with Crippen molar-refractivity contribution in [3.05, 3.63) is 52.6 Å². The van der Waals surface area contributed by atoms with Crippen molar-refractivity contribution in [3.63, 3.8) is 0 Å². The number of nitrogens with zero attached hydrogens (tertiary/aromatic N) is 1. The van der Waals surface area contributed by atoms with Gasteiger partial charge in [0.2, 0.25) is 5.91 Å². The van der Waals surface area contributed by atoms with Crippen LogP contribution in [0.1, 0.15) is 22.3 Å². The van der Waals surface area contributed by atoms with E-state index in [1.54, 1.807) is 0 Å². The number of hydrogen-bond donors (Lipinski definition) is 1. The summed E-state index contributed by atoms with van der Waals surface area (Å²) in [5, 5.41) is 2.95. The maximum Gasteiger partial charge on any atom is 0.265 e. The van der Waals surface area contributed by atoms with Crippen molar-refractivity contribution < 1.29 is 14.3 Å². The number of benzene rings is 2. The molecule has 1 heterocycles. The Morgan fingerprint density at radius 3 is 2.44 bits per heavy atom. The summed E-state index contributed by atoms with van der Waals surface area (Å²) in [7, 11) is 0. The lowest BCUT2D eigenvalue weighted by atomic mass is 10.1. The molecule has 2 aromatic carbocycles. The van der Waals surface area contributed by atoms with E-state index in [0.717, 1.165) is 27.9 Å². The second kappa shape index (κ2) is 6.59. The number of carbonyl (C=O) groups is 2. The SMILES string of the molecule is Cc1cc(C)c(NC(=O)CN2C(=O)COc3ccc(C)cc32)c(C)c1. The van der Waals surface area contributed by atoms with Gasteiger partial charge in [0.25, 0.3) is 5.91 Å². The Labute approximate surface area is 147 Å². The van der Waals surface area contributed by atoms with Gasteiger partial charge in [-0.05, 0) is 56.5 Å². The fourth-order valence-electron chi connectivity index (χ4n) is 3.19. The molecule has 0 radical (unpaired) electrons. The minimum absolute atomic E-state index is 0.0363. The van der Waals surface area contributed by atoms with Crippen molar-refractivity contribution >= 4 is 23.2 Å². The summed E-state index contributed by atoms with van der Waals surface area (Å²) >= 11 is 0. The summed E-state index contributed by atoms with van der Waals surface area (Å²) in [6.45, 7) is 7.81. The number of anilines is 2. The molecule has 0 aliphatic carbocycles. The highest BCUT2D eigenvalue weighted by molar-refractivity contribution is 6.05. The van der Waals surface area contributed by atoms with Crippen LogP contribution in [0, 0.1) is 27.7 Å². The van der Waals surface area contributed by atoms with Gasteiger partial charge in [0, 0.05) is 5.69 Å². The lowest BCUT2D eigenvalue weighted by molar-refractivity contribution is -0.123. The molecule has 0 bridgehead atoms. The third-order valence-electron chi connectivity index (χ3n) is 4.30. The molecule has 0 saturated carbocycles. The van der Waals surface area contributed by atoms with Crippen LogP contribution in [0.2, 0.25) is 0 Å². The largest absolute Gasteiger partial charge is 0.482 e. The number of ether oxygens (including phenoxy) is 1. The van der Waals surface area contributed by atoms with Gasteiger partial charge in [-0.25, -0.2) is 0 Å². The fraction of sp³-hybridized carbons (Fsp3) is 0.300. The number of fused-ring (bicyclic) bond motifs is 1. The molecule has 0 fully saturated rings. The first-order chi connectivity index (χ1) is 11.8. The van der Waals surface area contributed by atoms with E-state index >= 15 is 0 Å². The molecule has 0 spiro atoms. The van der Waals surface area contributed by atoms with Crippen molar-refractivity contribution in [1.29, 1.82) is 0 Å². The van der Waals surface area contributed by atoms with Crippen LogP contribution in [0.15, 0.2) is 30.3 Å². The number of amides is 2. The molecule has 130 valence electrons. The number of hydrogen-bond acceptors (Lipinski definition) is 3. The van der Waals surface area contributed by atoms with E-state index in [1.807, 2.05) is 58.0 Å². The molecule has 0 atom stereocenters. The van der Waals surface area contributed by atoms with Crippen molar-refractivity contribution in [1.82, 2.24) is 0 Å². The molecule has 2 amide bonds. The Hall–Kier alpha value is -2.82. The van der Waals surface area contributed by atoms with Gasteiger partial charge >= 0.3 is 0 Å². The van der Waals surface area contributed by atoms with Gasteiger partial charge in [0.1, 0.15) is 12.3 Å². The third kappa shape index (κ3) is 3.50. The second-order valence-electron chi connectivity index (χ2n) is 6.56. The summed E-state index contributed by atoms with van der Waals surface area (Å²) in [6.07, 6.45) is 0. The first kappa shape index (κ1) is 17.0. The summed E-state index contributed by atoms with van der Waals surface area (Å²) in [6, 6.07) is 9.67. The van der Waals surface area contributed by atoms with Gasteiger partial charge in [-0.3, -0.25) is 14.5 Å². The van der Waals surface area contributed by atoms with Crippen LogP contribution >= 0.6 is 0 Å². The fourth-order valence-corrected chi connectivity index (χ4v) is 3.19. The molecule has 2 aromatic rings. The van der Waals surface area contributed by atoms with Crippen LogP contribution in [-0.4, -0.2) is 25.0 Å². The summed E-state index contributed by atoms with van der Waals surface area (Å²) in [4.78, 5) is 26.3. The van der Waals surface area contributed by atoms with Crippen LogP contribution in [-0.2, 0) is 9.59 Å². The third-order valence-corrected chi connectivity index (χ3v) is 4.30. The van der Waals surface area contributed by atoms with Gasteiger partial charge in [0.15, 0.2) is 6.61 Å². The molecule has 0 aromatic heterocycles. The van der Waals surface area contributed by atoms with Crippen molar-refractivity contribution in [2.24, 2.45) is 0 Å². The molecule has 0 saturated heterocycles. The van der Waals surface area contributed by atoms with E-state index in [2.05, 4.69) is 5.32 Å². The lowest BCUT2D eigenvalue weighted by Gasteiger charge is -2.29. The van der Waals surface area contributed by atoms with Crippen LogP contribution < -0.4 is 15.0 Å². The number of nitrogens with one attached hydrogen (secondary N) is 1. The smallest absolute Gasteiger partial charge is 0.265 e. The zero-order chi connectivity index (χ0) is 18.1. The van der Waals surface area contributed by atoms with E-state index in [4.69, 9.17) is 4.74 Å². The van der Waals surface area contributed by atoms with Crippen molar-refractivity contribution in [3.8, 4) is 5.75 Å². The molecular weight excluding hydrogens is 316 g/mol. The normalized spacial score (nSPS) is 13.3. The average Bonchev–Trinajstić information content (AvgIpc) is 2.54. The molecule has 25 heavy (non-hydrogen) atoms. The zero-order valence-corrected chi connectivity index (χ0v) is 15.0. The highest BCUT2D eigenvalue weighted by Gasteiger charge is 2.27. The molecule has 5 heteroatoms. The summed E-state index contributed by atoms with van der Waals surface area (Å²) < 4.78 is 5.45. The Morgan fingerprint density at radius 2 is 1.76 bits per heavy atom. The standard InChI is InChI=1S/C20H22N2O3/c1-12-5-6-17-16(9-12)22(19(24)11-25-17)10-18(23)21-20-14(3)7-13(2)8-15(20)4/h5-9H,10-11H2,1-4H3,(H,21,23). The van der Waals surface area contributed by atoms with Gasteiger partial charge < -0.3 is 10.1 Å². The first-order valence-corrected chi connectivity index (χ1v) is 8.26. The topological polar surface area (TPSA) is 58.6 Å². The lowest BCUT2D eigenvalue weighted by Crippen LogP contribution is -2.43. The molecule has 0 unspecified atom stereocenters. The van der Waals surface area contributed by atoms with E-state index in [9.17, 15) is 9.59 Å². The maximum atomic E-state index is 12.6. The van der Waals surface area contributed by atoms with Crippen LogP contribution in [0.5, 0.6) is 5.75 Å². The minimum Gasteiger partial charge on any atom is -0.482 e. The molecule has 5 nitrogen and oxygen atoms in total. The number of carbonyl (C=O) groups excluding carboxylic acids is 2. The van der Waals surface area contributed by atoms with E-state index in [1.165, 1.54) is 4.90 Å². The van der Waals surface area contributed by atoms with Gasteiger partial charge in [0.05, 0.1) is 5.69 Å². The van der Waals surface area contributed by atoms with Gasteiger partial charge in [-0.15, -0.1) is 0 Å². The Balaban J connectivity index is 1.82. The predicted octanol–water partition coefficient (Wildman–Crippen LogP) is 3.28. The van der Waals surface area contributed by atoms with E-state index < -0.39 is 0 Å². The van der Waals surface area contributed by atoms with Gasteiger partial charge in [-0.1, -0.05) is 23.8 Å². The minimum atomic E-state index is -0.224. The average molecular weight is 338 g/mol. The molecule has 3 rings (SSSR count). The molecule has 1 N–H and O–H groups in total. The predicted molar refractivity (Wildman–Crippen MR) is 98.3 cm³/mol. The monoisotopic (exact) mass is 338 g/mol. The summed E-state index contributed by atoms with van der Waals surface area (Å²) in [5.74, 6) is 0.184. The van der Waals surface area contributed by atoms with Crippen LogP contribution in [0.25, 0.3) is 0 Å². The molecule has 1 aliphatic heterocycles. The summed E-state index contributed by atoms with van der Waals surface area (Å²) in [5.41, 5.74) is 5.63. The Morgan fingerprint density at radius 1 is 1.08 bits per heavy atom. The second-order valence-corrected chi connectivity index (χ2v) is 6.56. The van der Waals surface area contributed by atoms with Crippen LogP contribution in [0.3, 0.4) is 0 Å². The van der Waals surface area contributed by atoms with Crippen molar-refractivity contribution in [2.45, 2.75) is 27.7 Å². The number of aryl methyl sites for hydroxylation is 4. The highest BCUT2D eigenvalue weighted by Crippen LogP contribution is 2.32. The maximum absolute atomic E-state index is 12.6. The quantitative estimate of drug-likeness (QED) is 0.934. The van der Waals surface area contributed by atoms with Crippen LogP contribution in [0.4, 0.5) is 11.4 Å². The first-order valence-electron chi connectivity index (χ1n) is 8.26. The zero-order valence-electron chi connectivity index (χ0n) is 15.0. The Kier molecular flexibility index (Phi) is 4.49. The van der Waals surface area contributed by atoms with Gasteiger partial charge in [-0.2, -0.15) is 0 Å². The Bertz CT molecular complexity index is 835. The molecular formula is C20H22N2O3.